The van der Waals surface area contributed by atoms with E-state index in [-0.39, 0.29) is 16.9 Å². The summed E-state index contributed by atoms with van der Waals surface area (Å²) in [7, 11) is 2.16. The summed E-state index contributed by atoms with van der Waals surface area (Å²) in [6.07, 6.45) is 1.00. The van der Waals surface area contributed by atoms with E-state index in [1.165, 1.54) is 11.3 Å². The van der Waals surface area contributed by atoms with Crippen molar-refractivity contribution in [3.8, 4) is 5.75 Å². The molecule has 2 heteroatoms. The first-order valence-electron chi connectivity index (χ1n) is 9.62. The molecule has 0 fully saturated rings. The summed E-state index contributed by atoms with van der Waals surface area (Å²) in [4.78, 5) is 2.34. The smallest absolute Gasteiger partial charge is 0.123 e. The number of hydrogen-bond acceptors (Lipinski definition) is 2. The van der Waals surface area contributed by atoms with Crippen molar-refractivity contribution in [1.29, 1.82) is 0 Å². The van der Waals surface area contributed by atoms with Gasteiger partial charge in [-0.15, -0.1) is 0 Å². The minimum Gasteiger partial charge on any atom is -0.507 e. The first-order valence-corrected chi connectivity index (χ1v) is 9.62. The average Bonchev–Trinajstić information content (AvgIpc) is 2.55. The fraction of sp³-hybridized carbons (Fsp3) is 0.500. The molecule has 0 aliphatic carbocycles. The van der Waals surface area contributed by atoms with Crippen LogP contribution in [-0.4, -0.2) is 12.2 Å². The maximum atomic E-state index is 11.0. The minimum atomic E-state index is -0.107. The van der Waals surface area contributed by atoms with Crippen molar-refractivity contribution >= 4 is 5.69 Å². The number of phenolic OH excluding ortho intramolecular Hbond substituents is 1. The van der Waals surface area contributed by atoms with Gasteiger partial charge >= 0.3 is 0 Å². The SMILES string of the molecule is CCC(c1cc(C(C)(C)C)c(O)c(C(C)(C)C)c1)N(C)c1ccccc1. The van der Waals surface area contributed by atoms with Crippen LogP contribution in [-0.2, 0) is 10.8 Å². The Bertz CT molecular complexity index is 700. The largest absolute Gasteiger partial charge is 0.507 e. The van der Waals surface area contributed by atoms with Gasteiger partial charge in [-0.05, 0) is 58.2 Å². The zero-order valence-corrected chi connectivity index (χ0v) is 17.7. The molecule has 1 N–H and O–H groups in total. The Balaban J connectivity index is 2.63. The first-order chi connectivity index (χ1) is 12.0. The topological polar surface area (TPSA) is 23.5 Å². The third kappa shape index (κ3) is 4.23. The van der Waals surface area contributed by atoms with Crippen molar-refractivity contribution in [3.63, 3.8) is 0 Å². The second-order valence-corrected chi connectivity index (χ2v) is 9.34. The van der Waals surface area contributed by atoms with E-state index in [1.54, 1.807) is 0 Å². The Morgan fingerprint density at radius 1 is 0.885 bits per heavy atom. The summed E-state index contributed by atoms with van der Waals surface area (Å²) in [6.45, 7) is 15.2. The van der Waals surface area contributed by atoms with Crippen LogP contribution in [0.2, 0.25) is 0 Å². The lowest BCUT2D eigenvalue weighted by Gasteiger charge is -2.34. The summed E-state index contributed by atoms with van der Waals surface area (Å²) in [5.41, 5.74) is 4.32. The molecule has 0 aliphatic rings. The predicted molar refractivity (Wildman–Crippen MR) is 113 cm³/mol. The maximum Gasteiger partial charge on any atom is 0.123 e. The number of benzene rings is 2. The maximum absolute atomic E-state index is 11.0. The van der Waals surface area contributed by atoms with Crippen LogP contribution in [0.4, 0.5) is 5.69 Å². The summed E-state index contributed by atoms with van der Waals surface area (Å²) >= 11 is 0. The molecule has 2 nitrogen and oxygen atoms in total. The standard InChI is InChI=1S/C24H35NO/c1-9-21(25(8)18-13-11-10-12-14-18)17-15-19(23(2,3)4)22(26)20(16-17)24(5,6)7/h10-16,21,26H,9H2,1-8H3. The van der Waals surface area contributed by atoms with Gasteiger partial charge in [-0.1, -0.05) is 66.7 Å². The van der Waals surface area contributed by atoms with E-state index in [4.69, 9.17) is 0 Å². The van der Waals surface area contributed by atoms with Crippen LogP contribution >= 0.6 is 0 Å². The van der Waals surface area contributed by atoms with Gasteiger partial charge in [-0.25, -0.2) is 0 Å². The molecule has 0 aliphatic heterocycles. The second kappa shape index (κ2) is 7.34. The Morgan fingerprint density at radius 2 is 1.35 bits per heavy atom. The highest BCUT2D eigenvalue weighted by molar-refractivity contribution is 5.53. The molecular weight excluding hydrogens is 318 g/mol. The Labute approximate surface area is 159 Å². The average molecular weight is 354 g/mol. The van der Waals surface area contributed by atoms with Crippen molar-refractivity contribution in [3.05, 3.63) is 59.2 Å². The molecule has 2 rings (SSSR count). The molecule has 0 saturated carbocycles. The van der Waals surface area contributed by atoms with E-state index in [0.29, 0.717) is 5.75 Å². The van der Waals surface area contributed by atoms with E-state index in [2.05, 4.69) is 96.8 Å². The Morgan fingerprint density at radius 3 is 1.73 bits per heavy atom. The Kier molecular flexibility index (Phi) is 5.75. The number of rotatable bonds is 4. The quantitative estimate of drug-likeness (QED) is 0.671. The van der Waals surface area contributed by atoms with E-state index < -0.39 is 0 Å². The van der Waals surface area contributed by atoms with E-state index >= 15 is 0 Å². The lowest BCUT2D eigenvalue weighted by Crippen LogP contribution is -2.25. The summed E-state index contributed by atoms with van der Waals surface area (Å²) in [6, 6.07) is 15.2. The lowest BCUT2D eigenvalue weighted by atomic mass is 9.77. The van der Waals surface area contributed by atoms with Gasteiger partial charge in [0.2, 0.25) is 0 Å². The van der Waals surface area contributed by atoms with Gasteiger partial charge in [0.15, 0.2) is 0 Å². The molecular formula is C24H35NO. The van der Waals surface area contributed by atoms with Crippen LogP contribution < -0.4 is 4.90 Å². The molecule has 0 amide bonds. The van der Waals surface area contributed by atoms with Crippen molar-refractivity contribution in [2.75, 3.05) is 11.9 Å². The van der Waals surface area contributed by atoms with Crippen molar-refractivity contribution in [1.82, 2.24) is 0 Å². The van der Waals surface area contributed by atoms with Crippen molar-refractivity contribution < 1.29 is 5.11 Å². The number of phenols is 1. The highest BCUT2D eigenvalue weighted by Gasteiger charge is 2.28. The first kappa shape index (κ1) is 20.4. The molecule has 0 aromatic heterocycles. The highest BCUT2D eigenvalue weighted by Crippen LogP contribution is 2.42. The number of aromatic hydroxyl groups is 1. The van der Waals surface area contributed by atoms with Crippen LogP contribution in [0.25, 0.3) is 0 Å². The number of hydrogen-bond donors (Lipinski definition) is 1. The molecule has 1 unspecified atom stereocenters. The zero-order valence-electron chi connectivity index (χ0n) is 17.7. The fourth-order valence-electron chi connectivity index (χ4n) is 3.57. The lowest BCUT2D eigenvalue weighted by molar-refractivity contribution is 0.422. The third-order valence-electron chi connectivity index (χ3n) is 5.15. The van der Waals surface area contributed by atoms with Gasteiger partial charge in [0.1, 0.15) is 5.75 Å². The second-order valence-electron chi connectivity index (χ2n) is 9.34. The minimum absolute atomic E-state index is 0.107. The summed E-state index contributed by atoms with van der Waals surface area (Å²) in [5, 5.41) is 11.0. The van der Waals surface area contributed by atoms with E-state index in [1.807, 2.05) is 6.07 Å². The molecule has 0 radical (unpaired) electrons. The third-order valence-corrected chi connectivity index (χ3v) is 5.15. The van der Waals surface area contributed by atoms with E-state index in [9.17, 15) is 5.11 Å². The van der Waals surface area contributed by atoms with Gasteiger partial charge in [0, 0.05) is 12.7 Å². The van der Waals surface area contributed by atoms with Crippen LogP contribution in [0.1, 0.15) is 77.6 Å². The van der Waals surface area contributed by atoms with Crippen LogP contribution in [0.5, 0.6) is 5.75 Å². The number of anilines is 1. The van der Waals surface area contributed by atoms with Gasteiger partial charge in [0.25, 0.3) is 0 Å². The number of nitrogens with zero attached hydrogens (tertiary/aromatic N) is 1. The molecule has 0 bridgehead atoms. The molecule has 0 saturated heterocycles. The normalized spacial score (nSPS) is 13.5. The molecule has 1 atom stereocenters. The van der Waals surface area contributed by atoms with Gasteiger partial charge < -0.3 is 10.0 Å². The number of para-hydroxylation sites is 1. The van der Waals surface area contributed by atoms with Crippen molar-refractivity contribution in [2.24, 2.45) is 0 Å². The zero-order chi connectivity index (χ0) is 19.7. The molecule has 0 spiro atoms. The van der Waals surface area contributed by atoms with E-state index in [0.717, 1.165) is 17.5 Å². The molecule has 0 heterocycles. The van der Waals surface area contributed by atoms with Crippen LogP contribution in [0.15, 0.2) is 42.5 Å². The Hall–Kier alpha value is -1.96. The summed E-state index contributed by atoms with van der Waals surface area (Å²) < 4.78 is 0. The van der Waals surface area contributed by atoms with Gasteiger partial charge in [-0.3, -0.25) is 0 Å². The fourth-order valence-corrected chi connectivity index (χ4v) is 3.57. The summed E-state index contributed by atoms with van der Waals surface area (Å²) in [5.74, 6) is 0.450. The molecule has 2 aromatic rings. The highest BCUT2D eigenvalue weighted by atomic mass is 16.3. The molecule has 26 heavy (non-hydrogen) atoms. The monoisotopic (exact) mass is 353 g/mol. The van der Waals surface area contributed by atoms with Crippen molar-refractivity contribution in [2.45, 2.75) is 71.8 Å². The van der Waals surface area contributed by atoms with Crippen LogP contribution in [0.3, 0.4) is 0 Å². The van der Waals surface area contributed by atoms with Crippen LogP contribution in [0, 0.1) is 0 Å². The molecule has 142 valence electrons. The predicted octanol–water partition coefficient (Wildman–Crippen LogP) is 6.57. The van der Waals surface area contributed by atoms with Gasteiger partial charge in [0.05, 0.1) is 6.04 Å². The molecule has 2 aromatic carbocycles. The van der Waals surface area contributed by atoms with Gasteiger partial charge in [-0.2, -0.15) is 0 Å².